The SMILES string of the molecule is C[Si](C)(C)C(=C([Si](C)(C)C)[Si](C)(C)F)[Si](C)(C)F. The molecule has 0 N–H and O–H groups in total. The van der Waals surface area contributed by atoms with Gasteiger partial charge in [0, 0.05) is 0 Å². The normalized spacial score (nSPS) is 16.7. The summed E-state index contributed by atoms with van der Waals surface area (Å²) in [5, 5.41) is 0. The third-order valence-corrected chi connectivity index (χ3v) is 18.4. The van der Waals surface area contributed by atoms with Crippen molar-refractivity contribution in [3.63, 3.8) is 0 Å². The van der Waals surface area contributed by atoms with Crippen LogP contribution in [0.4, 0.5) is 8.22 Å². The Labute approximate surface area is 116 Å². The first-order valence-corrected chi connectivity index (χ1v) is 19.4. The molecule has 6 heteroatoms. The Kier molecular flexibility index (Phi) is 5.24. The zero-order valence-corrected chi connectivity index (χ0v) is 17.8. The molecule has 0 spiro atoms. The van der Waals surface area contributed by atoms with Gasteiger partial charge in [0.15, 0.2) is 0 Å². The first-order chi connectivity index (χ1) is 7.49. The number of rotatable bonds is 4. The molecule has 0 saturated carbocycles. The predicted molar refractivity (Wildman–Crippen MR) is 90.9 cm³/mol. The van der Waals surface area contributed by atoms with E-state index in [9.17, 15) is 8.22 Å². The van der Waals surface area contributed by atoms with Crippen molar-refractivity contribution in [1.82, 2.24) is 0 Å². The Morgan fingerprint density at radius 2 is 0.667 bits per heavy atom. The average molecular weight is 325 g/mol. The van der Waals surface area contributed by atoms with Gasteiger partial charge in [-0.25, -0.2) is 0 Å². The molecule has 0 nitrogen and oxygen atoms in total. The van der Waals surface area contributed by atoms with Crippen LogP contribution in [0.25, 0.3) is 0 Å². The summed E-state index contributed by atoms with van der Waals surface area (Å²) in [7, 11) is -9.49. The highest BCUT2D eigenvalue weighted by Crippen LogP contribution is 2.38. The molecule has 0 bridgehead atoms. The molecule has 0 atom stereocenters. The fourth-order valence-electron chi connectivity index (χ4n) is 3.13. The maximum atomic E-state index is 14.9. The van der Waals surface area contributed by atoms with Crippen LogP contribution in [-0.4, -0.2) is 33.0 Å². The summed E-state index contributed by atoms with van der Waals surface area (Å²) >= 11 is 0. The highest BCUT2D eigenvalue weighted by Gasteiger charge is 2.46. The quantitative estimate of drug-likeness (QED) is 0.475. The molecule has 0 fully saturated rings. The van der Waals surface area contributed by atoms with Gasteiger partial charge in [0.05, 0.1) is 16.1 Å². The molecule has 0 amide bonds. The van der Waals surface area contributed by atoms with E-state index in [1.807, 2.05) is 0 Å². The molecular formula is C12H30F2Si4. The molecule has 0 aliphatic rings. The van der Waals surface area contributed by atoms with Crippen LogP contribution in [0.3, 0.4) is 0 Å². The minimum absolute atomic E-state index is 0.980. The van der Waals surface area contributed by atoms with Crippen molar-refractivity contribution >= 4 is 33.0 Å². The Hall–Kier alpha value is 0.468. The molecule has 0 aromatic carbocycles. The van der Waals surface area contributed by atoms with Gasteiger partial charge in [-0.2, -0.15) is 0 Å². The second kappa shape index (κ2) is 5.10. The molecule has 18 heavy (non-hydrogen) atoms. The summed E-state index contributed by atoms with van der Waals surface area (Å²) in [5.41, 5.74) is 0. The number of hydrogen-bond acceptors (Lipinski definition) is 0. The summed E-state index contributed by atoms with van der Waals surface area (Å²) < 4.78 is 29.7. The van der Waals surface area contributed by atoms with Crippen LogP contribution in [0.15, 0.2) is 9.64 Å². The summed E-state index contributed by atoms with van der Waals surface area (Å²) in [4.78, 5) is 1.96. The van der Waals surface area contributed by atoms with E-state index in [0.29, 0.717) is 0 Å². The average Bonchev–Trinajstić information content (AvgIpc) is 1.89. The fraction of sp³-hybridized carbons (Fsp3) is 0.833. The van der Waals surface area contributed by atoms with Gasteiger partial charge in [-0.3, -0.25) is 0 Å². The lowest BCUT2D eigenvalue weighted by molar-refractivity contribution is 0.805. The van der Waals surface area contributed by atoms with Crippen molar-refractivity contribution in [3.05, 3.63) is 9.64 Å². The van der Waals surface area contributed by atoms with Gasteiger partial charge >= 0.3 is 0 Å². The third kappa shape index (κ3) is 4.86. The maximum Gasteiger partial charge on any atom is 0.263 e. The van der Waals surface area contributed by atoms with E-state index >= 15 is 0 Å². The van der Waals surface area contributed by atoms with Gasteiger partial charge in [-0.05, 0) is 26.2 Å². The molecule has 0 aliphatic carbocycles. The van der Waals surface area contributed by atoms with Crippen molar-refractivity contribution in [2.75, 3.05) is 0 Å². The highest BCUT2D eigenvalue weighted by molar-refractivity contribution is 7.11. The van der Waals surface area contributed by atoms with E-state index in [1.165, 1.54) is 0 Å². The van der Waals surface area contributed by atoms with E-state index in [1.54, 1.807) is 26.2 Å². The Morgan fingerprint density at radius 3 is 0.722 bits per heavy atom. The van der Waals surface area contributed by atoms with Crippen molar-refractivity contribution in [1.29, 1.82) is 0 Å². The van der Waals surface area contributed by atoms with Gasteiger partial charge in [-0.15, -0.1) is 0 Å². The molecular weight excluding hydrogens is 294 g/mol. The monoisotopic (exact) mass is 324 g/mol. The second-order valence-corrected chi connectivity index (χ2v) is 26.1. The molecule has 0 heterocycles. The first kappa shape index (κ1) is 18.5. The topological polar surface area (TPSA) is 0 Å². The van der Waals surface area contributed by atoms with Crippen LogP contribution >= 0.6 is 0 Å². The van der Waals surface area contributed by atoms with Crippen LogP contribution in [0.5, 0.6) is 0 Å². The van der Waals surface area contributed by atoms with Crippen molar-refractivity contribution in [2.24, 2.45) is 0 Å². The lowest BCUT2D eigenvalue weighted by atomic mass is 11.2. The zero-order valence-electron chi connectivity index (χ0n) is 13.8. The Bertz CT molecular complexity index is 269. The molecule has 0 unspecified atom stereocenters. The van der Waals surface area contributed by atoms with Crippen LogP contribution in [-0.2, 0) is 0 Å². The van der Waals surface area contributed by atoms with E-state index in [4.69, 9.17) is 0 Å². The molecule has 108 valence electrons. The van der Waals surface area contributed by atoms with Crippen LogP contribution < -0.4 is 0 Å². The molecule has 0 aromatic heterocycles. The third-order valence-electron chi connectivity index (χ3n) is 2.94. The van der Waals surface area contributed by atoms with Gasteiger partial charge in [-0.1, -0.05) is 48.9 Å². The van der Waals surface area contributed by atoms with Crippen LogP contribution in [0.2, 0.25) is 65.5 Å². The van der Waals surface area contributed by atoms with E-state index in [0.717, 1.165) is 9.64 Å². The summed E-state index contributed by atoms with van der Waals surface area (Å²) in [6.45, 7) is 19.9. The lowest BCUT2D eigenvalue weighted by Crippen LogP contribution is -2.50. The van der Waals surface area contributed by atoms with Crippen molar-refractivity contribution in [2.45, 2.75) is 65.5 Å². The van der Waals surface area contributed by atoms with Crippen LogP contribution in [0.1, 0.15) is 0 Å². The molecule has 0 saturated heterocycles. The molecule has 0 radical (unpaired) electrons. The fourth-order valence-corrected chi connectivity index (χ4v) is 28.2. The lowest BCUT2D eigenvalue weighted by Gasteiger charge is -2.39. The number of hydrogen-bond donors (Lipinski definition) is 0. The summed E-state index contributed by atoms with van der Waals surface area (Å²) in [5.74, 6) is 0. The largest absolute Gasteiger partial charge is 0.309 e. The van der Waals surface area contributed by atoms with Gasteiger partial charge < -0.3 is 8.22 Å². The predicted octanol–water partition coefficient (Wildman–Crippen LogP) is 5.47. The highest BCUT2D eigenvalue weighted by atomic mass is 28.4. The smallest absolute Gasteiger partial charge is 0.263 e. The van der Waals surface area contributed by atoms with E-state index in [-0.39, 0.29) is 0 Å². The number of halogens is 2. The zero-order chi connectivity index (χ0) is 15.2. The molecule has 0 aliphatic heterocycles. The van der Waals surface area contributed by atoms with Crippen molar-refractivity contribution < 1.29 is 8.22 Å². The minimum atomic E-state index is -2.93. The van der Waals surface area contributed by atoms with Gasteiger partial charge in [0.25, 0.3) is 16.8 Å². The second-order valence-electron chi connectivity index (χ2n) is 8.19. The minimum Gasteiger partial charge on any atom is -0.309 e. The molecule has 0 aromatic rings. The summed E-state index contributed by atoms with van der Waals surface area (Å²) in [6.07, 6.45) is 0. The van der Waals surface area contributed by atoms with Gasteiger partial charge in [0.1, 0.15) is 0 Å². The van der Waals surface area contributed by atoms with E-state index < -0.39 is 33.0 Å². The maximum absolute atomic E-state index is 14.9. The molecule has 0 rings (SSSR count). The Morgan fingerprint density at radius 1 is 0.500 bits per heavy atom. The standard InChI is InChI=1S/C12H30F2Si4/c1-15(2,3)11(17(7,8)13)12(16(4,5)6)18(9,10)14/h1-10H3. The Balaban J connectivity index is 6.44. The van der Waals surface area contributed by atoms with E-state index in [2.05, 4.69) is 39.3 Å². The van der Waals surface area contributed by atoms with Crippen LogP contribution in [0, 0.1) is 0 Å². The van der Waals surface area contributed by atoms with Gasteiger partial charge in [0.2, 0.25) is 0 Å². The first-order valence-electron chi connectivity index (χ1n) is 6.63. The van der Waals surface area contributed by atoms with Crippen molar-refractivity contribution in [3.8, 4) is 0 Å². The summed E-state index contributed by atoms with van der Waals surface area (Å²) in [6, 6.07) is 0.